The van der Waals surface area contributed by atoms with Crippen LogP contribution in [0.4, 0.5) is 8.78 Å². The molecule has 2 nitrogen and oxygen atoms in total. The highest BCUT2D eigenvalue weighted by molar-refractivity contribution is 7.99. The van der Waals surface area contributed by atoms with Crippen LogP contribution in [-0.2, 0) is 0 Å². The molecule has 5 heteroatoms. The Kier molecular flexibility index (Phi) is 5.34. The Bertz CT molecular complexity index is 445. The maximum Gasteiger partial charge on any atom is 0.169 e. The summed E-state index contributed by atoms with van der Waals surface area (Å²) >= 11 is 1.92. The van der Waals surface area contributed by atoms with E-state index in [0.717, 1.165) is 37.1 Å². The fourth-order valence-corrected chi connectivity index (χ4v) is 3.06. The Morgan fingerprint density at radius 2 is 2.11 bits per heavy atom. The number of ketones is 1. The van der Waals surface area contributed by atoms with Crippen molar-refractivity contribution < 1.29 is 13.6 Å². The fourth-order valence-electron chi connectivity index (χ4n) is 2.13. The van der Waals surface area contributed by atoms with Crippen LogP contribution in [0.5, 0.6) is 0 Å². The molecule has 0 radical (unpaired) electrons. The average molecular weight is 285 g/mol. The van der Waals surface area contributed by atoms with Crippen LogP contribution in [0.2, 0.25) is 0 Å². The number of nitrogens with zero attached hydrogens (tertiary/aromatic N) is 1. The van der Waals surface area contributed by atoms with Gasteiger partial charge in [-0.3, -0.25) is 4.79 Å². The van der Waals surface area contributed by atoms with E-state index in [4.69, 9.17) is 0 Å². The molecule has 0 N–H and O–H groups in total. The minimum Gasteiger partial charge on any atom is -0.302 e. The van der Waals surface area contributed by atoms with E-state index in [1.54, 1.807) is 0 Å². The number of hydrogen-bond acceptors (Lipinski definition) is 3. The minimum absolute atomic E-state index is 0.135. The van der Waals surface area contributed by atoms with Crippen LogP contribution >= 0.6 is 11.8 Å². The number of carbonyl (C=O) groups is 1. The molecule has 0 saturated carbocycles. The molecule has 2 rings (SSSR count). The molecular weight excluding hydrogens is 268 g/mol. The number of halogens is 2. The van der Waals surface area contributed by atoms with Gasteiger partial charge in [-0.25, -0.2) is 8.78 Å². The summed E-state index contributed by atoms with van der Waals surface area (Å²) in [6, 6.07) is 3.74. The summed E-state index contributed by atoms with van der Waals surface area (Å²) in [4.78, 5) is 14.1. The number of benzene rings is 1. The molecule has 0 aliphatic carbocycles. The summed E-state index contributed by atoms with van der Waals surface area (Å²) in [6.07, 6.45) is 1.36. The van der Waals surface area contributed by atoms with Crippen LogP contribution in [0.3, 0.4) is 0 Å². The Morgan fingerprint density at radius 1 is 1.26 bits per heavy atom. The van der Waals surface area contributed by atoms with Crippen LogP contribution in [0, 0.1) is 11.6 Å². The summed E-state index contributed by atoms with van der Waals surface area (Å²) in [5.74, 6) is -0.0873. The second-order valence-corrected chi connectivity index (χ2v) is 5.81. The molecule has 1 fully saturated rings. The third-order valence-electron chi connectivity index (χ3n) is 3.22. The molecule has 0 unspecified atom stereocenters. The normalized spacial score (nSPS) is 17.2. The maximum absolute atomic E-state index is 13.5. The van der Waals surface area contributed by atoms with Gasteiger partial charge in [-0.2, -0.15) is 11.8 Å². The number of hydrogen-bond donors (Lipinski definition) is 0. The number of rotatable bonds is 4. The first-order valence-corrected chi connectivity index (χ1v) is 7.61. The van der Waals surface area contributed by atoms with Gasteiger partial charge in [0.2, 0.25) is 0 Å². The smallest absolute Gasteiger partial charge is 0.169 e. The molecule has 0 aromatic heterocycles. The van der Waals surface area contributed by atoms with Crippen LogP contribution < -0.4 is 0 Å². The molecule has 1 aliphatic heterocycles. The van der Waals surface area contributed by atoms with Gasteiger partial charge < -0.3 is 4.90 Å². The number of Topliss-reactive ketones (excluding diaryl/α,β-unsaturated/α-hetero) is 1. The van der Waals surface area contributed by atoms with Crippen molar-refractivity contribution in [2.24, 2.45) is 0 Å². The second-order valence-electron chi connectivity index (χ2n) is 4.58. The Morgan fingerprint density at radius 3 is 2.95 bits per heavy atom. The predicted octanol–water partition coefficient (Wildman–Crippen LogP) is 2.98. The van der Waals surface area contributed by atoms with Gasteiger partial charge in [0.25, 0.3) is 0 Å². The maximum atomic E-state index is 13.5. The fraction of sp³-hybridized carbons (Fsp3) is 0.500. The molecule has 1 saturated heterocycles. The van der Waals surface area contributed by atoms with Crippen molar-refractivity contribution in [1.29, 1.82) is 0 Å². The monoisotopic (exact) mass is 285 g/mol. The van der Waals surface area contributed by atoms with E-state index >= 15 is 0 Å². The van der Waals surface area contributed by atoms with Crippen molar-refractivity contribution >= 4 is 17.5 Å². The summed E-state index contributed by atoms with van der Waals surface area (Å²) in [6.45, 7) is 2.56. The molecule has 0 atom stereocenters. The van der Waals surface area contributed by atoms with E-state index in [-0.39, 0.29) is 17.8 Å². The van der Waals surface area contributed by atoms with Gasteiger partial charge in [0.05, 0.1) is 5.56 Å². The first-order valence-electron chi connectivity index (χ1n) is 6.46. The van der Waals surface area contributed by atoms with Crippen molar-refractivity contribution in [1.82, 2.24) is 4.90 Å². The van der Waals surface area contributed by atoms with Crippen molar-refractivity contribution in [3.05, 3.63) is 35.4 Å². The summed E-state index contributed by atoms with van der Waals surface area (Å²) in [5, 5.41) is 0. The molecule has 0 amide bonds. The Hall–Kier alpha value is -0.940. The van der Waals surface area contributed by atoms with Crippen LogP contribution in [0.1, 0.15) is 23.2 Å². The minimum atomic E-state index is -1.03. The van der Waals surface area contributed by atoms with Crippen LogP contribution in [0.15, 0.2) is 18.2 Å². The second kappa shape index (κ2) is 7.01. The standard InChI is InChI=1S/C14H17F2NOS/c15-12-4-1-3-11(14(12)16)13(18)5-7-17-6-2-9-19-10-8-17/h1,3-4H,2,5-10H2. The Labute approximate surface area is 116 Å². The highest BCUT2D eigenvalue weighted by Gasteiger charge is 2.16. The third kappa shape index (κ3) is 4.01. The highest BCUT2D eigenvalue weighted by Crippen LogP contribution is 2.15. The molecule has 0 bridgehead atoms. The summed E-state index contributed by atoms with van der Waals surface area (Å²) in [7, 11) is 0. The van der Waals surface area contributed by atoms with Crippen LogP contribution in [0.25, 0.3) is 0 Å². The molecule has 0 spiro atoms. The van der Waals surface area contributed by atoms with Gasteiger partial charge in [0, 0.05) is 25.3 Å². The molecule has 19 heavy (non-hydrogen) atoms. The predicted molar refractivity (Wildman–Crippen MR) is 73.7 cm³/mol. The zero-order valence-electron chi connectivity index (χ0n) is 10.7. The van der Waals surface area contributed by atoms with Gasteiger partial charge in [-0.1, -0.05) is 6.07 Å². The quantitative estimate of drug-likeness (QED) is 0.793. The lowest BCUT2D eigenvalue weighted by atomic mass is 10.1. The molecule has 1 heterocycles. The van der Waals surface area contributed by atoms with Gasteiger partial charge >= 0.3 is 0 Å². The zero-order valence-corrected chi connectivity index (χ0v) is 11.5. The molecule has 1 aliphatic rings. The van der Waals surface area contributed by atoms with Gasteiger partial charge in [-0.15, -0.1) is 0 Å². The first-order chi connectivity index (χ1) is 9.18. The number of thioether (sulfide) groups is 1. The van der Waals surface area contributed by atoms with Crippen molar-refractivity contribution in [3.63, 3.8) is 0 Å². The topological polar surface area (TPSA) is 20.3 Å². The van der Waals surface area contributed by atoms with Gasteiger partial charge in [-0.05, 0) is 30.9 Å². The van der Waals surface area contributed by atoms with Crippen LogP contribution in [-0.4, -0.2) is 41.8 Å². The number of carbonyl (C=O) groups excluding carboxylic acids is 1. The third-order valence-corrected chi connectivity index (χ3v) is 4.27. The van der Waals surface area contributed by atoms with Crippen molar-refractivity contribution in [2.45, 2.75) is 12.8 Å². The van der Waals surface area contributed by atoms with E-state index in [1.165, 1.54) is 12.1 Å². The average Bonchev–Trinajstić information content (AvgIpc) is 2.68. The lowest BCUT2D eigenvalue weighted by Crippen LogP contribution is -2.28. The van der Waals surface area contributed by atoms with Crippen molar-refractivity contribution in [3.8, 4) is 0 Å². The first kappa shape index (κ1) is 14.5. The van der Waals surface area contributed by atoms with Gasteiger partial charge in [0.15, 0.2) is 17.4 Å². The molecular formula is C14H17F2NOS. The molecule has 1 aromatic carbocycles. The van der Waals surface area contributed by atoms with E-state index in [2.05, 4.69) is 4.90 Å². The molecule has 1 aromatic rings. The largest absolute Gasteiger partial charge is 0.302 e. The SMILES string of the molecule is O=C(CCN1CCCSCC1)c1cccc(F)c1F. The summed E-state index contributed by atoms with van der Waals surface area (Å²) < 4.78 is 26.5. The van der Waals surface area contributed by atoms with E-state index in [0.29, 0.717) is 6.54 Å². The van der Waals surface area contributed by atoms with Crippen molar-refractivity contribution in [2.75, 3.05) is 31.1 Å². The highest BCUT2D eigenvalue weighted by atomic mass is 32.2. The Balaban J connectivity index is 1.91. The lowest BCUT2D eigenvalue weighted by molar-refractivity contribution is 0.0961. The van der Waals surface area contributed by atoms with E-state index < -0.39 is 11.6 Å². The van der Waals surface area contributed by atoms with E-state index in [9.17, 15) is 13.6 Å². The van der Waals surface area contributed by atoms with E-state index in [1.807, 2.05) is 11.8 Å². The van der Waals surface area contributed by atoms with Gasteiger partial charge in [0.1, 0.15) is 0 Å². The lowest BCUT2D eigenvalue weighted by Gasteiger charge is -2.18. The molecule has 104 valence electrons. The summed E-state index contributed by atoms with van der Waals surface area (Å²) in [5.41, 5.74) is -0.135. The zero-order chi connectivity index (χ0) is 13.7.